The van der Waals surface area contributed by atoms with Crippen molar-refractivity contribution in [3.8, 4) is 5.75 Å². The Kier molecular flexibility index (Phi) is 3.82. The van der Waals surface area contributed by atoms with Gasteiger partial charge in [-0.15, -0.1) is 0 Å². The number of rotatable bonds is 5. The number of carbonyl (C=O) groups is 2. The minimum absolute atomic E-state index is 0.0760. The molecule has 1 aliphatic carbocycles. The maximum Gasteiger partial charge on any atom is 0.255 e. The van der Waals surface area contributed by atoms with E-state index in [2.05, 4.69) is 5.32 Å². The van der Waals surface area contributed by atoms with Gasteiger partial charge in [0.1, 0.15) is 5.75 Å². The molecule has 96 valence electrons. The van der Waals surface area contributed by atoms with E-state index in [1.807, 2.05) is 0 Å². The molecule has 1 saturated carbocycles. The third-order valence-electron chi connectivity index (χ3n) is 2.98. The molecule has 5 nitrogen and oxygen atoms in total. The molecule has 1 aliphatic rings. The zero-order valence-corrected chi connectivity index (χ0v) is 10.0. The minimum atomic E-state index is -0.516. The van der Waals surface area contributed by atoms with Crippen molar-refractivity contribution in [2.24, 2.45) is 11.7 Å². The van der Waals surface area contributed by atoms with Gasteiger partial charge in [0, 0.05) is 11.6 Å². The van der Waals surface area contributed by atoms with Gasteiger partial charge in [0.05, 0.1) is 0 Å². The lowest BCUT2D eigenvalue weighted by Gasteiger charge is -2.24. The van der Waals surface area contributed by atoms with E-state index in [1.54, 1.807) is 24.3 Å². The van der Waals surface area contributed by atoms with Crippen LogP contribution in [0.5, 0.6) is 5.75 Å². The van der Waals surface area contributed by atoms with Crippen molar-refractivity contribution in [3.05, 3.63) is 24.3 Å². The van der Waals surface area contributed by atoms with Crippen LogP contribution in [0.25, 0.3) is 0 Å². The van der Waals surface area contributed by atoms with Crippen LogP contribution in [0.1, 0.15) is 19.3 Å². The molecular weight excluding hydrogens is 232 g/mol. The SMILES string of the molecule is NC(=O)COc1ccc(NC(=O)C2CCC2)cc1. The van der Waals surface area contributed by atoms with Crippen LogP contribution in [0, 0.1) is 5.92 Å². The Morgan fingerprint density at radius 1 is 1.28 bits per heavy atom. The molecule has 0 heterocycles. The van der Waals surface area contributed by atoms with E-state index in [-0.39, 0.29) is 18.4 Å². The van der Waals surface area contributed by atoms with Gasteiger partial charge in [0.15, 0.2) is 6.61 Å². The van der Waals surface area contributed by atoms with Crippen LogP contribution in [-0.2, 0) is 9.59 Å². The predicted molar refractivity (Wildman–Crippen MR) is 67.1 cm³/mol. The van der Waals surface area contributed by atoms with Gasteiger partial charge in [0.25, 0.3) is 5.91 Å². The van der Waals surface area contributed by atoms with Crippen LogP contribution in [-0.4, -0.2) is 18.4 Å². The van der Waals surface area contributed by atoms with E-state index < -0.39 is 5.91 Å². The highest BCUT2D eigenvalue weighted by atomic mass is 16.5. The smallest absolute Gasteiger partial charge is 0.255 e. The lowest BCUT2D eigenvalue weighted by Crippen LogP contribution is -2.27. The summed E-state index contributed by atoms with van der Waals surface area (Å²) < 4.78 is 5.12. The van der Waals surface area contributed by atoms with E-state index >= 15 is 0 Å². The normalized spacial score (nSPS) is 14.7. The van der Waals surface area contributed by atoms with Crippen molar-refractivity contribution in [1.29, 1.82) is 0 Å². The molecule has 1 aromatic carbocycles. The molecule has 5 heteroatoms. The summed E-state index contributed by atoms with van der Waals surface area (Å²) in [7, 11) is 0. The summed E-state index contributed by atoms with van der Waals surface area (Å²) in [6.45, 7) is -0.145. The fraction of sp³-hybridized carbons (Fsp3) is 0.385. The number of nitrogens with two attached hydrogens (primary N) is 1. The van der Waals surface area contributed by atoms with Crippen molar-refractivity contribution in [2.45, 2.75) is 19.3 Å². The highest BCUT2D eigenvalue weighted by Gasteiger charge is 2.24. The van der Waals surface area contributed by atoms with Crippen molar-refractivity contribution in [3.63, 3.8) is 0 Å². The zero-order valence-electron chi connectivity index (χ0n) is 10.0. The summed E-state index contributed by atoms with van der Waals surface area (Å²) in [5.74, 6) is 0.274. The molecule has 0 radical (unpaired) electrons. The van der Waals surface area contributed by atoms with Crippen molar-refractivity contribution in [1.82, 2.24) is 0 Å². The first-order valence-electron chi connectivity index (χ1n) is 5.97. The number of primary amides is 1. The van der Waals surface area contributed by atoms with Gasteiger partial charge < -0.3 is 15.8 Å². The summed E-state index contributed by atoms with van der Waals surface area (Å²) in [6.07, 6.45) is 3.09. The molecule has 0 atom stereocenters. The highest BCUT2D eigenvalue weighted by molar-refractivity contribution is 5.93. The minimum Gasteiger partial charge on any atom is -0.484 e. The molecule has 1 fully saturated rings. The zero-order chi connectivity index (χ0) is 13.0. The quantitative estimate of drug-likeness (QED) is 0.823. The van der Waals surface area contributed by atoms with E-state index in [4.69, 9.17) is 10.5 Å². The number of hydrogen-bond donors (Lipinski definition) is 2. The van der Waals surface area contributed by atoms with Gasteiger partial charge in [-0.3, -0.25) is 9.59 Å². The molecule has 0 aromatic heterocycles. The summed E-state index contributed by atoms with van der Waals surface area (Å²) in [5.41, 5.74) is 5.70. The fourth-order valence-electron chi connectivity index (χ4n) is 1.70. The number of amides is 2. The van der Waals surface area contributed by atoms with Gasteiger partial charge in [-0.1, -0.05) is 6.42 Å². The Hall–Kier alpha value is -2.04. The van der Waals surface area contributed by atoms with Crippen LogP contribution >= 0.6 is 0 Å². The first-order valence-corrected chi connectivity index (χ1v) is 5.97. The number of ether oxygens (including phenoxy) is 1. The molecule has 0 bridgehead atoms. The first kappa shape index (κ1) is 12.4. The average Bonchev–Trinajstić information content (AvgIpc) is 2.25. The number of anilines is 1. The third kappa shape index (κ3) is 3.23. The Bertz CT molecular complexity index is 438. The topological polar surface area (TPSA) is 81.4 Å². The Balaban J connectivity index is 1.86. The van der Waals surface area contributed by atoms with E-state index in [9.17, 15) is 9.59 Å². The summed E-state index contributed by atoms with van der Waals surface area (Å²) in [6, 6.07) is 6.87. The second-order valence-electron chi connectivity index (χ2n) is 4.40. The lowest BCUT2D eigenvalue weighted by atomic mass is 9.85. The van der Waals surface area contributed by atoms with Gasteiger partial charge >= 0.3 is 0 Å². The molecule has 0 spiro atoms. The van der Waals surface area contributed by atoms with Gasteiger partial charge in [-0.25, -0.2) is 0 Å². The number of benzene rings is 1. The summed E-state index contributed by atoms with van der Waals surface area (Å²) >= 11 is 0. The highest BCUT2D eigenvalue weighted by Crippen LogP contribution is 2.27. The number of hydrogen-bond acceptors (Lipinski definition) is 3. The lowest BCUT2D eigenvalue weighted by molar-refractivity contribution is -0.122. The van der Waals surface area contributed by atoms with E-state index in [1.165, 1.54) is 0 Å². The molecule has 0 unspecified atom stereocenters. The molecule has 18 heavy (non-hydrogen) atoms. The Morgan fingerprint density at radius 2 is 1.94 bits per heavy atom. The van der Waals surface area contributed by atoms with Crippen LogP contribution in [0.4, 0.5) is 5.69 Å². The molecule has 2 amide bonds. The van der Waals surface area contributed by atoms with Crippen LogP contribution in [0.15, 0.2) is 24.3 Å². The molecule has 0 saturated heterocycles. The van der Waals surface area contributed by atoms with Crippen molar-refractivity contribution >= 4 is 17.5 Å². The molecule has 0 aliphatic heterocycles. The molecular formula is C13H16N2O3. The third-order valence-corrected chi connectivity index (χ3v) is 2.98. The van der Waals surface area contributed by atoms with Gasteiger partial charge in [-0.2, -0.15) is 0 Å². The van der Waals surface area contributed by atoms with Gasteiger partial charge in [0.2, 0.25) is 5.91 Å². The maximum absolute atomic E-state index is 11.7. The largest absolute Gasteiger partial charge is 0.484 e. The monoisotopic (exact) mass is 248 g/mol. The second-order valence-corrected chi connectivity index (χ2v) is 4.40. The van der Waals surface area contributed by atoms with Gasteiger partial charge in [-0.05, 0) is 37.1 Å². The van der Waals surface area contributed by atoms with Crippen molar-refractivity contribution in [2.75, 3.05) is 11.9 Å². The van der Waals surface area contributed by atoms with E-state index in [0.717, 1.165) is 24.9 Å². The average molecular weight is 248 g/mol. The standard InChI is InChI=1S/C13H16N2O3/c14-12(16)8-18-11-6-4-10(5-7-11)15-13(17)9-2-1-3-9/h4-7,9H,1-3,8H2,(H2,14,16)(H,15,17). The summed E-state index contributed by atoms with van der Waals surface area (Å²) in [4.78, 5) is 22.2. The van der Waals surface area contributed by atoms with E-state index in [0.29, 0.717) is 5.75 Å². The Morgan fingerprint density at radius 3 is 2.44 bits per heavy atom. The second kappa shape index (κ2) is 5.53. The summed E-state index contributed by atoms with van der Waals surface area (Å²) in [5, 5.41) is 2.85. The Labute approximate surface area is 105 Å². The maximum atomic E-state index is 11.7. The van der Waals surface area contributed by atoms with Crippen LogP contribution < -0.4 is 15.8 Å². The molecule has 2 rings (SSSR count). The predicted octanol–water partition coefficient (Wildman–Crippen LogP) is 1.29. The van der Waals surface area contributed by atoms with Crippen LogP contribution in [0.3, 0.4) is 0 Å². The molecule has 1 aromatic rings. The first-order chi connectivity index (χ1) is 8.65. The van der Waals surface area contributed by atoms with Crippen molar-refractivity contribution < 1.29 is 14.3 Å². The molecule has 3 N–H and O–H groups in total. The van der Waals surface area contributed by atoms with Crippen LogP contribution in [0.2, 0.25) is 0 Å². The number of nitrogens with one attached hydrogen (secondary N) is 1. The number of carbonyl (C=O) groups excluding carboxylic acids is 2. The fourth-order valence-corrected chi connectivity index (χ4v) is 1.70.